The predicted molar refractivity (Wildman–Crippen MR) is 72.9 cm³/mol. The van der Waals surface area contributed by atoms with Gasteiger partial charge in [-0.15, -0.1) is 0 Å². The summed E-state index contributed by atoms with van der Waals surface area (Å²) in [6.07, 6.45) is 4.36. The molecule has 0 unspecified atom stereocenters. The zero-order valence-corrected chi connectivity index (χ0v) is 11.3. The fourth-order valence-corrected chi connectivity index (χ4v) is 1.86. The zero-order chi connectivity index (χ0) is 15.4. The summed E-state index contributed by atoms with van der Waals surface area (Å²) in [5.74, 6) is -2.07. The second-order valence-corrected chi connectivity index (χ2v) is 4.51. The topological polar surface area (TPSA) is 73.0 Å². The third kappa shape index (κ3) is 3.53. The van der Waals surface area contributed by atoms with E-state index >= 15 is 0 Å². The standard InChI is InChI=1S/C13H14F2N4O2/c1-2-3-18-8-9(7-17-18)6-16-12-5-13(19(20)21)11(15)4-10(12)14/h4-5,7-8,16H,2-3,6H2,1H3. The van der Waals surface area contributed by atoms with Crippen molar-refractivity contribution in [1.82, 2.24) is 9.78 Å². The molecule has 8 heteroatoms. The number of nitrogens with zero attached hydrogens (tertiary/aromatic N) is 3. The molecule has 0 aliphatic rings. The molecular formula is C13H14F2N4O2. The van der Waals surface area contributed by atoms with E-state index in [0.29, 0.717) is 6.07 Å². The molecule has 0 atom stereocenters. The average Bonchev–Trinajstić information content (AvgIpc) is 2.85. The lowest BCUT2D eigenvalue weighted by Crippen LogP contribution is -2.03. The van der Waals surface area contributed by atoms with Crippen molar-refractivity contribution in [2.75, 3.05) is 5.32 Å². The molecule has 0 radical (unpaired) electrons. The maximum Gasteiger partial charge on any atom is 0.307 e. The number of aromatic nitrogens is 2. The van der Waals surface area contributed by atoms with Gasteiger partial charge in [-0.2, -0.15) is 9.49 Å². The number of rotatable bonds is 6. The van der Waals surface area contributed by atoms with Crippen LogP contribution in [-0.2, 0) is 13.1 Å². The molecule has 1 aromatic heterocycles. The summed E-state index contributed by atoms with van der Waals surface area (Å²) in [7, 11) is 0. The second kappa shape index (κ2) is 6.29. The Kier molecular flexibility index (Phi) is 4.46. The first-order chi connectivity index (χ1) is 10.0. The van der Waals surface area contributed by atoms with Crippen LogP contribution in [0.1, 0.15) is 18.9 Å². The van der Waals surface area contributed by atoms with E-state index in [4.69, 9.17) is 0 Å². The highest BCUT2D eigenvalue weighted by molar-refractivity contribution is 5.53. The van der Waals surface area contributed by atoms with Gasteiger partial charge in [-0.1, -0.05) is 6.92 Å². The van der Waals surface area contributed by atoms with Gasteiger partial charge >= 0.3 is 5.69 Å². The van der Waals surface area contributed by atoms with Crippen LogP contribution in [0.3, 0.4) is 0 Å². The van der Waals surface area contributed by atoms with Crippen LogP contribution in [0.15, 0.2) is 24.5 Å². The van der Waals surface area contributed by atoms with Crippen molar-refractivity contribution in [1.29, 1.82) is 0 Å². The number of nitrogens with one attached hydrogen (secondary N) is 1. The number of aryl methyl sites for hydroxylation is 1. The normalized spacial score (nSPS) is 10.6. The molecule has 0 spiro atoms. The second-order valence-electron chi connectivity index (χ2n) is 4.51. The first-order valence-corrected chi connectivity index (χ1v) is 6.40. The molecule has 0 bridgehead atoms. The largest absolute Gasteiger partial charge is 0.378 e. The summed E-state index contributed by atoms with van der Waals surface area (Å²) in [4.78, 5) is 9.75. The lowest BCUT2D eigenvalue weighted by molar-refractivity contribution is -0.387. The van der Waals surface area contributed by atoms with Crippen molar-refractivity contribution < 1.29 is 13.7 Å². The molecule has 0 saturated heterocycles. The van der Waals surface area contributed by atoms with Crippen LogP contribution in [-0.4, -0.2) is 14.7 Å². The van der Waals surface area contributed by atoms with Crippen LogP contribution in [0.2, 0.25) is 0 Å². The number of nitro benzene ring substituents is 1. The number of benzene rings is 1. The summed E-state index contributed by atoms with van der Waals surface area (Å²) >= 11 is 0. The van der Waals surface area contributed by atoms with E-state index in [2.05, 4.69) is 10.4 Å². The molecule has 1 N–H and O–H groups in total. The molecule has 2 rings (SSSR count). The lowest BCUT2D eigenvalue weighted by atomic mass is 10.2. The number of hydrogen-bond acceptors (Lipinski definition) is 4. The Balaban J connectivity index is 2.11. The van der Waals surface area contributed by atoms with Gasteiger partial charge in [-0.05, 0) is 6.42 Å². The van der Waals surface area contributed by atoms with Crippen LogP contribution < -0.4 is 5.32 Å². The van der Waals surface area contributed by atoms with Crippen LogP contribution in [0.5, 0.6) is 0 Å². The van der Waals surface area contributed by atoms with Crippen molar-refractivity contribution in [3.05, 3.63) is 51.8 Å². The summed E-state index contributed by atoms with van der Waals surface area (Å²) < 4.78 is 28.5. The lowest BCUT2D eigenvalue weighted by Gasteiger charge is -2.06. The first kappa shape index (κ1) is 14.9. The Morgan fingerprint density at radius 2 is 2.14 bits per heavy atom. The summed E-state index contributed by atoms with van der Waals surface area (Å²) in [5.41, 5.74) is -0.0817. The molecule has 0 aliphatic carbocycles. The molecule has 1 aromatic carbocycles. The highest BCUT2D eigenvalue weighted by atomic mass is 19.1. The highest BCUT2D eigenvalue weighted by Gasteiger charge is 2.18. The van der Waals surface area contributed by atoms with Gasteiger partial charge in [0.1, 0.15) is 5.82 Å². The molecule has 2 aromatic rings. The summed E-state index contributed by atoms with van der Waals surface area (Å²) in [6, 6.07) is 1.35. The van der Waals surface area contributed by atoms with Crippen molar-refractivity contribution in [2.24, 2.45) is 0 Å². The number of halogens is 2. The summed E-state index contributed by atoms with van der Waals surface area (Å²) in [5, 5.41) is 17.5. The van der Waals surface area contributed by atoms with E-state index < -0.39 is 22.2 Å². The van der Waals surface area contributed by atoms with Gasteiger partial charge in [-0.25, -0.2) is 4.39 Å². The van der Waals surface area contributed by atoms with Crippen molar-refractivity contribution >= 4 is 11.4 Å². The van der Waals surface area contributed by atoms with Crippen LogP contribution in [0, 0.1) is 21.7 Å². The highest BCUT2D eigenvalue weighted by Crippen LogP contribution is 2.25. The number of anilines is 1. The third-order valence-electron chi connectivity index (χ3n) is 2.86. The van der Waals surface area contributed by atoms with Crippen LogP contribution in [0.4, 0.5) is 20.2 Å². The van der Waals surface area contributed by atoms with Crippen LogP contribution >= 0.6 is 0 Å². The quantitative estimate of drug-likeness (QED) is 0.656. The third-order valence-corrected chi connectivity index (χ3v) is 2.86. The van der Waals surface area contributed by atoms with Gasteiger partial charge in [0, 0.05) is 37.0 Å². The Labute approximate surface area is 119 Å². The van der Waals surface area contributed by atoms with Crippen molar-refractivity contribution in [3.63, 3.8) is 0 Å². The minimum Gasteiger partial charge on any atom is -0.378 e. The first-order valence-electron chi connectivity index (χ1n) is 6.40. The van der Waals surface area contributed by atoms with Gasteiger partial charge in [0.05, 0.1) is 16.8 Å². The van der Waals surface area contributed by atoms with E-state index in [1.807, 2.05) is 6.92 Å². The molecule has 0 saturated carbocycles. The molecule has 112 valence electrons. The van der Waals surface area contributed by atoms with Gasteiger partial charge in [0.25, 0.3) is 0 Å². The van der Waals surface area contributed by atoms with Crippen molar-refractivity contribution in [2.45, 2.75) is 26.4 Å². The van der Waals surface area contributed by atoms with Gasteiger partial charge in [0.15, 0.2) is 0 Å². The SMILES string of the molecule is CCCn1cc(CNc2cc([N+](=O)[O-])c(F)cc2F)cn1. The molecular weight excluding hydrogens is 282 g/mol. The van der Waals surface area contributed by atoms with Crippen molar-refractivity contribution in [3.8, 4) is 0 Å². The average molecular weight is 296 g/mol. The molecule has 0 fully saturated rings. The predicted octanol–water partition coefficient (Wildman–Crippen LogP) is 3.09. The Morgan fingerprint density at radius 3 is 2.81 bits per heavy atom. The smallest absolute Gasteiger partial charge is 0.307 e. The van der Waals surface area contributed by atoms with Gasteiger partial charge in [0.2, 0.25) is 5.82 Å². The van der Waals surface area contributed by atoms with E-state index in [9.17, 15) is 18.9 Å². The fraction of sp³-hybridized carbons (Fsp3) is 0.308. The molecule has 1 heterocycles. The number of nitro groups is 1. The van der Waals surface area contributed by atoms with E-state index in [1.165, 1.54) is 0 Å². The van der Waals surface area contributed by atoms with Gasteiger partial charge < -0.3 is 5.32 Å². The Hall–Kier alpha value is -2.51. The molecule has 0 aliphatic heterocycles. The minimum atomic E-state index is -1.20. The molecule has 21 heavy (non-hydrogen) atoms. The Morgan fingerprint density at radius 1 is 1.38 bits per heavy atom. The minimum absolute atomic E-state index is 0.119. The molecule has 0 amide bonds. The Bertz CT molecular complexity index is 658. The maximum atomic E-state index is 13.6. The van der Waals surface area contributed by atoms with E-state index in [-0.39, 0.29) is 12.2 Å². The maximum absolute atomic E-state index is 13.6. The summed E-state index contributed by atoms with van der Waals surface area (Å²) in [6.45, 7) is 3.03. The van der Waals surface area contributed by atoms with Gasteiger partial charge in [-0.3, -0.25) is 14.8 Å². The van der Waals surface area contributed by atoms with E-state index in [0.717, 1.165) is 24.6 Å². The monoisotopic (exact) mass is 296 g/mol. The molecule has 6 nitrogen and oxygen atoms in total. The fourth-order valence-electron chi connectivity index (χ4n) is 1.86. The zero-order valence-electron chi connectivity index (χ0n) is 11.3. The number of hydrogen-bond donors (Lipinski definition) is 1. The van der Waals surface area contributed by atoms with E-state index in [1.54, 1.807) is 17.1 Å². The van der Waals surface area contributed by atoms with Crippen LogP contribution in [0.25, 0.3) is 0 Å².